The van der Waals surface area contributed by atoms with Crippen molar-refractivity contribution in [1.29, 1.82) is 0 Å². The molecular formula is C17H21N5O2S2. The number of benzene rings is 1. The molecule has 0 aliphatic carbocycles. The first-order chi connectivity index (χ1) is 12.6. The van der Waals surface area contributed by atoms with Gasteiger partial charge in [0.05, 0.1) is 12.4 Å². The van der Waals surface area contributed by atoms with Gasteiger partial charge in [0.15, 0.2) is 4.34 Å². The van der Waals surface area contributed by atoms with Crippen LogP contribution >= 0.6 is 23.1 Å². The van der Waals surface area contributed by atoms with Crippen molar-refractivity contribution in [2.75, 3.05) is 18.5 Å². The van der Waals surface area contributed by atoms with E-state index < -0.39 is 0 Å². The zero-order valence-corrected chi connectivity index (χ0v) is 16.6. The normalized spacial score (nSPS) is 11.1. The zero-order chi connectivity index (χ0) is 18.4. The Balaban J connectivity index is 1.55. The maximum absolute atomic E-state index is 5.44. The fourth-order valence-electron chi connectivity index (χ4n) is 2.05. The van der Waals surface area contributed by atoms with E-state index >= 15 is 0 Å². The smallest absolute Gasteiger partial charge is 0.237 e. The van der Waals surface area contributed by atoms with Crippen LogP contribution in [0, 0.1) is 5.92 Å². The highest BCUT2D eigenvalue weighted by Gasteiger charge is 2.11. The molecule has 2 aromatic heterocycles. The third kappa shape index (κ3) is 5.18. The number of ether oxygens (including phenoxy) is 1. The predicted molar refractivity (Wildman–Crippen MR) is 104 cm³/mol. The number of hydrogen-bond acceptors (Lipinski definition) is 9. The molecule has 9 heteroatoms. The number of nitrogens with one attached hydrogen (secondary N) is 1. The number of thioether (sulfide) groups is 1. The van der Waals surface area contributed by atoms with Crippen LogP contribution in [0.4, 0.5) is 5.13 Å². The fourth-order valence-corrected chi connectivity index (χ4v) is 3.65. The second-order valence-electron chi connectivity index (χ2n) is 5.91. The molecule has 3 rings (SSSR count). The predicted octanol–water partition coefficient (Wildman–Crippen LogP) is 4.35. The van der Waals surface area contributed by atoms with Gasteiger partial charge in [-0.25, -0.2) is 0 Å². The Morgan fingerprint density at radius 1 is 1.23 bits per heavy atom. The van der Waals surface area contributed by atoms with Crippen LogP contribution in [0.2, 0.25) is 0 Å². The van der Waals surface area contributed by atoms with E-state index in [1.165, 1.54) is 23.1 Å². The summed E-state index contributed by atoms with van der Waals surface area (Å²) in [5.41, 5.74) is 0.893. The van der Waals surface area contributed by atoms with Gasteiger partial charge in [-0.05, 0) is 37.1 Å². The Morgan fingerprint density at radius 2 is 2.04 bits per heavy atom. The van der Waals surface area contributed by atoms with E-state index in [2.05, 4.69) is 39.5 Å². The summed E-state index contributed by atoms with van der Waals surface area (Å²) in [4.78, 5) is 4.44. The molecule has 0 saturated carbocycles. The lowest BCUT2D eigenvalue weighted by Gasteiger charge is -2.03. The van der Waals surface area contributed by atoms with Crippen molar-refractivity contribution in [2.24, 2.45) is 5.92 Å². The van der Waals surface area contributed by atoms with E-state index in [1.807, 2.05) is 31.2 Å². The zero-order valence-electron chi connectivity index (χ0n) is 14.9. The van der Waals surface area contributed by atoms with Gasteiger partial charge in [-0.2, -0.15) is 4.98 Å². The minimum Gasteiger partial charge on any atom is -0.494 e. The first-order valence-corrected chi connectivity index (χ1v) is 10.2. The minimum absolute atomic E-state index is 0.558. The number of hydrogen-bond donors (Lipinski definition) is 1. The average molecular weight is 392 g/mol. The standard InChI is InChI=1S/C17H21N5O2S2/c1-4-23-13-7-5-12(6-8-13)15-19-14(24-22-15)10-25-17-21-20-16(26-17)18-9-11(2)3/h5-8,11H,4,9-10H2,1-3H3,(H,18,20). The van der Waals surface area contributed by atoms with Crippen LogP contribution in [0.1, 0.15) is 26.7 Å². The van der Waals surface area contributed by atoms with E-state index in [0.29, 0.717) is 30.0 Å². The maximum Gasteiger partial charge on any atom is 0.237 e. The molecule has 0 fully saturated rings. The first-order valence-electron chi connectivity index (χ1n) is 8.40. The molecule has 0 spiro atoms. The molecule has 0 atom stereocenters. The van der Waals surface area contributed by atoms with Gasteiger partial charge >= 0.3 is 0 Å². The first kappa shape index (κ1) is 18.7. The summed E-state index contributed by atoms with van der Waals surface area (Å²) in [7, 11) is 0. The molecule has 138 valence electrons. The molecule has 26 heavy (non-hydrogen) atoms. The molecule has 3 aromatic rings. The van der Waals surface area contributed by atoms with Gasteiger partial charge in [-0.15, -0.1) is 10.2 Å². The number of rotatable bonds is 9. The molecule has 0 radical (unpaired) electrons. The molecule has 0 amide bonds. The second-order valence-corrected chi connectivity index (χ2v) is 8.11. The quantitative estimate of drug-likeness (QED) is 0.539. The number of nitrogens with zero attached hydrogens (tertiary/aromatic N) is 4. The summed E-state index contributed by atoms with van der Waals surface area (Å²) in [5.74, 6) is 3.08. The van der Waals surface area contributed by atoms with Crippen molar-refractivity contribution < 1.29 is 9.26 Å². The van der Waals surface area contributed by atoms with Crippen molar-refractivity contribution in [3.8, 4) is 17.1 Å². The lowest BCUT2D eigenvalue weighted by atomic mass is 10.2. The highest BCUT2D eigenvalue weighted by molar-refractivity contribution is 8.00. The van der Waals surface area contributed by atoms with Gasteiger partial charge in [0.25, 0.3) is 0 Å². The molecule has 0 aliphatic rings. The van der Waals surface area contributed by atoms with E-state index in [9.17, 15) is 0 Å². The van der Waals surface area contributed by atoms with Crippen LogP contribution < -0.4 is 10.1 Å². The SMILES string of the molecule is CCOc1ccc(-c2noc(CSc3nnc(NCC(C)C)s3)n2)cc1. The Morgan fingerprint density at radius 3 is 2.77 bits per heavy atom. The fraction of sp³-hybridized carbons (Fsp3) is 0.412. The van der Waals surface area contributed by atoms with Crippen LogP contribution in [0.15, 0.2) is 33.1 Å². The molecule has 0 aliphatic heterocycles. The van der Waals surface area contributed by atoms with E-state index in [-0.39, 0.29) is 0 Å². The molecule has 7 nitrogen and oxygen atoms in total. The van der Waals surface area contributed by atoms with Gasteiger partial charge in [0.2, 0.25) is 16.8 Å². The van der Waals surface area contributed by atoms with Crippen LogP contribution in [-0.4, -0.2) is 33.5 Å². The van der Waals surface area contributed by atoms with Crippen molar-refractivity contribution in [3.63, 3.8) is 0 Å². The molecule has 0 bridgehead atoms. The largest absolute Gasteiger partial charge is 0.494 e. The molecular weight excluding hydrogens is 370 g/mol. The maximum atomic E-state index is 5.44. The number of anilines is 1. The second kappa shape index (κ2) is 9.00. The Bertz CT molecular complexity index is 817. The summed E-state index contributed by atoms with van der Waals surface area (Å²) in [6, 6.07) is 7.64. The molecule has 0 saturated heterocycles. The van der Waals surface area contributed by atoms with Gasteiger partial charge in [0, 0.05) is 12.1 Å². The van der Waals surface area contributed by atoms with Crippen molar-refractivity contribution in [3.05, 3.63) is 30.2 Å². The van der Waals surface area contributed by atoms with Gasteiger partial charge in [-0.1, -0.05) is 42.1 Å². The third-order valence-corrected chi connectivity index (χ3v) is 5.28. The lowest BCUT2D eigenvalue weighted by Crippen LogP contribution is -2.07. The van der Waals surface area contributed by atoms with Crippen LogP contribution in [0.25, 0.3) is 11.4 Å². The highest BCUT2D eigenvalue weighted by atomic mass is 32.2. The topological polar surface area (TPSA) is 86.0 Å². The summed E-state index contributed by atoms with van der Waals surface area (Å²) >= 11 is 3.06. The number of aromatic nitrogens is 4. The molecule has 2 heterocycles. The van der Waals surface area contributed by atoms with E-state index in [0.717, 1.165) is 27.3 Å². The van der Waals surface area contributed by atoms with Crippen LogP contribution in [0.5, 0.6) is 5.75 Å². The Labute approximate surface area is 160 Å². The van der Waals surface area contributed by atoms with Gasteiger partial charge in [0.1, 0.15) is 5.75 Å². The summed E-state index contributed by atoms with van der Waals surface area (Å²) in [6.07, 6.45) is 0. The molecule has 1 aromatic carbocycles. The summed E-state index contributed by atoms with van der Waals surface area (Å²) < 4.78 is 11.6. The minimum atomic E-state index is 0.558. The van der Waals surface area contributed by atoms with Crippen molar-refractivity contribution in [1.82, 2.24) is 20.3 Å². The highest BCUT2D eigenvalue weighted by Crippen LogP contribution is 2.28. The molecule has 1 N–H and O–H groups in total. The van der Waals surface area contributed by atoms with Gasteiger partial charge < -0.3 is 14.6 Å². The van der Waals surface area contributed by atoms with Crippen LogP contribution in [-0.2, 0) is 5.75 Å². The van der Waals surface area contributed by atoms with Crippen molar-refractivity contribution in [2.45, 2.75) is 30.9 Å². The van der Waals surface area contributed by atoms with Crippen molar-refractivity contribution >= 4 is 28.2 Å². The summed E-state index contributed by atoms with van der Waals surface area (Å²) in [5, 5.41) is 16.5. The summed E-state index contributed by atoms with van der Waals surface area (Å²) in [6.45, 7) is 7.79. The third-order valence-electron chi connectivity index (χ3n) is 3.28. The van der Waals surface area contributed by atoms with Crippen LogP contribution in [0.3, 0.4) is 0 Å². The lowest BCUT2D eigenvalue weighted by molar-refractivity contribution is 0.340. The average Bonchev–Trinajstić information content (AvgIpc) is 3.28. The Hall–Kier alpha value is -2.13. The molecule has 0 unspecified atom stereocenters. The van der Waals surface area contributed by atoms with Gasteiger partial charge in [-0.3, -0.25) is 0 Å². The van der Waals surface area contributed by atoms with E-state index in [4.69, 9.17) is 9.26 Å². The monoisotopic (exact) mass is 391 g/mol. The van der Waals surface area contributed by atoms with E-state index in [1.54, 1.807) is 0 Å². The Kier molecular flexibility index (Phi) is 6.45.